The lowest BCUT2D eigenvalue weighted by atomic mass is 9.69. The molecule has 1 fully saturated rings. The molecule has 1 heterocycles. The van der Waals surface area contributed by atoms with Crippen molar-refractivity contribution in [2.24, 2.45) is 11.1 Å². The molecule has 2 rings (SSSR count). The fourth-order valence-corrected chi connectivity index (χ4v) is 5.10. The Morgan fingerprint density at radius 2 is 2.00 bits per heavy atom. The van der Waals surface area contributed by atoms with Gasteiger partial charge in [-0.3, -0.25) is 0 Å². The predicted octanol–water partition coefficient (Wildman–Crippen LogP) is 1.31. The number of halogens is 1. The van der Waals surface area contributed by atoms with Gasteiger partial charge in [-0.25, -0.2) is 8.42 Å². The fraction of sp³-hybridized carbons (Fsp3) is 0.538. The zero-order valence-corrected chi connectivity index (χ0v) is 12.3. The largest absolute Gasteiger partial charge is 0.385 e. The summed E-state index contributed by atoms with van der Waals surface area (Å²) in [5.41, 5.74) is 4.30. The van der Waals surface area contributed by atoms with Crippen molar-refractivity contribution in [2.45, 2.75) is 18.9 Å². The Morgan fingerprint density at radius 1 is 1.42 bits per heavy atom. The summed E-state index contributed by atoms with van der Waals surface area (Å²) in [5, 5.41) is 11.4. The first-order valence-corrected chi connectivity index (χ1v) is 8.31. The Bertz CT molecular complexity index is 568. The van der Waals surface area contributed by atoms with Crippen LogP contribution in [0.3, 0.4) is 0 Å². The molecule has 0 spiro atoms. The van der Waals surface area contributed by atoms with Gasteiger partial charge in [0.1, 0.15) is 0 Å². The van der Waals surface area contributed by atoms with Crippen LogP contribution in [0.2, 0.25) is 5.02 Å². The van der Waals surface area contributed by atoms with E-state index in [-0.39, 0.29) is 18.1 Å². The van der Waals surface area contributed by atoms with Crippen LogP contribution in [-0.4, -0.2) is 31.6 Å². The minimum absolute atomic E-state index is 0.0773. The van der Waals surface area contributed by atoms with Gasteiger partial charge < -0.3 is 10.8 Å². The second-order valence-electron chi connectivity index (χ2n) is 5.41. The van der Waals surface area contributed by atoms with Crippen LogP contribution in [-0.2, 0) is 15.4 Å². The van der Waals surface area contributed by atoms with Crippen LogP contribution in [0.4, 0.5) is 0 Å². The van der Waals surface area contributed by atoms with E-state index in [1.807, 2.05) is 0 Å². The van der Waals surface area contributed by atoms with E-state index in [1.165, 1.54) is 0 Å². The molecule has 2 unspecified atom stereocenters. The number of sulfone groups is 1. The Hall–Kier alpha value is -0.620. The predicted molar refractivity (Wildman–Crippen MR) is 75.8 cm³/mol. The second-order valence-corrected chi connectivity index (χ2v) is 8.03. The molecule has 6 heteroatoms. The third-order valence-corrected chi connectivity index (χ3v) is 6.29. The van der Waals surface area contributed by atoms with Gasteiger partial charge in [-0.1, -0.05) is 23.7 Å². The Kier molecular flexibility index (Phi) is 3.68. The van der Waals surface area contributed by atoms with Crippen molar-refractivity contribution in [2.75, 3.05) is 18.1 Å². The average Bonchev–Trinajstić information content (AvgIpc) is 2.67. The zero-order valence-electron chi connectivity index (χ0n) is 10.8. The highest BCUT2D eigenvalue weighted by atomic mass is 35.5. The van der Waals surface area contributed by atoms with Gasteiger partial charge in [0.2, 0.25) is 0 Å². The number of benzene rings is 1. The summed E-state index contributed by atoms with van der Waals surface area (Å²) in [6.07, 6.45) is 0.376. The SMILES string of the molecule is CC(O)(c1ccc(Cl)cc1)C1(CN)CCS(=O)(=O)C1. The summed E-state index contributed by atoms with van der Waals surface area (Å²) in [6.45, 7) is 1.76. The van der Waals surface area contributed by atoms with Crippen LogP contribution in [0.1, 0.15) is 18.9 Å². The molecule has 3 N–H and O–H groups in total. The van der Waals surface area contributed by atoms with Crippen molar-refractivity contribution in [3.05, 3.63) is 34.9 Å². The van der Waals surface area contributed by atoms with Crippen LogP contribution in [0.15, 0.2) is 24.3 Å². The minimum atomic E-state index is -3.13. The molecular formula is C13H18ClNO3S. The van der Waals surface area contributed by atoms with Gasteiger partial charge in [-0.2, -0.15) is 0 Å². The molecule has 0 amide bonds. The molecule has 106 valence electrons. The first-order chi connectivity index (χ1) is 8.72. The lowest BCUT2D eigenvalue weighted by Crippen LogP contribution is -2.49. The van der Waals surface area contributed by atoms with E-state index in [4.69, 9.17) is 17.3 Å². The Morgan fingerprint density at radius 3 is 2.42 bits per heavy atom. The van der Waals surface area contributed by atoms with E-state index in [0.29, 0.717) is 17.0 Å². The van der Waals surface area contributed by atoms with Gasteiger partial charge >= 0.3 is 0 Å². The normalized spacial score (nSPS) is 29.1. The van der Waals surface area contributed by atoms with E-state index < -0.39 is 20.9 Å². The van der Waals surface area contributed by atoms with Gasteiger partial charge in [-0.05, 0) is 31.0 Å². The Balaban J connectivity index is 2.45. The standard InChI is InChI=1S/C13H18ClNO3S/c1-12(16,10-2-4-11(14)5-3-10)13(8-15)6-7-19(17,18)9-13/h2-5,16H,6-9,15H2,1H3. The maximum absolute atomic E-state index is 11.7. The molecule has 0 bridgehead atoms. The fourth-order valence-electron chi connectivity index (χ4n) is 2.74. The molecule has 19 heavy (non-hydrogen) atoms. The maximum Gasteiger partial charge on any atom is 0.151 e. The maximum atomic E-state index is 11.7. The number of nitrogens with two attached hydrogens (primary N) is 1. The third-order valence-electron chi connectivity index (χ3n) is 4.22. The summed E-state index contributed by atoms with van der Waals surface area (Å²) >= 11 is 5.83. The van der Waals surface area contributed by atoms with E-state index in [1.54, 1.807) is 31.2 Å². The third kappa shape index (κ3) is 2.52. The number of hydrogen-bond acceptors (Lipinski definition) is 4. The van der Waals surface area contributed by atoms with E-state index in [2.05, 4.69) is 0 Å². The highest BCUT2D eigenvalue weighted by Crippen LogP contribution is 2.46. The molecule has 1 aliphatic rings. The van der Waals surface area contributed by atoms with E-state index >= 15 is 0 Å². The van der Waals surface area contributed by atoms with Gasteiger partial charge in [0.05, 0.1) is 17.1 Å². The quantitative estimate of drug-likeness (QED) is 0.882. The highest BCUT2D eigenvalue weighted by molar-refractivity contribution is 7.91. The molecule has 1 saturated heterocycles. The summed E-state index contributed by atoms with van der Waals surface area (Å²) in [6, 6.07) is 6.79. The molecule has 1 aromatic carbocycles. The van der Waals surface area contributed by atoms with E-state index in [9.17, 15) is 13.5 Å². The molecular weight excluding hydrogens is 286 g/mol. The second kappa shape index (κ2) is 4.74. The van der Waals surface area contributed by atoms with Crippen LogP contribution in [0.5, 0.6) is 0 Å². The van der Waals surface area contributed by atoms with Gasteiger partial charge in [0.15, 0.2) is 9.84 Å². The molecule has 2 atom stereocenters. The zero-order chi connectivity index (χ0) is 14.3. The smallest absolute Gasteiger partial charge is 0.151 e. The first kappa shape index (κ1) is 14.8. The highest BCUT2D eigenvalue weighted by Gasteiger charge is 2.53. The van der Waals surface area contributed by atoms with Crippen LogP contribution in [0, 0.1) is 5.41 Å². The molecule has 0 aliphatic carbocycles. The van der Waals surface area contributed by atoms with Crippen molar-refractivity contribution in [3.8, 4) is 0 Å². The van der Waals surface area contributed by atoms with Crippen molar-refractivity contribution < 1.29 is 13.5 Å². The molecule has 0 aromatic heterocycles. The lowest BCUT2D eigenvalue weighted by Gasteiger charge is -2.41. The molecule has 0 radical (unpaired) electrons. The number of rotatable bonds is 3. The van der Waals surface area contributed by atoms with Gasteiger partial charge in [0, 0.05) is 17.0 Å². The first-order valence-electron chi connectivity index (χ1n) is 6.11. The summed E-state index contributed by atoms with van der Waals surface area (Å²) in [5.74, 6) is 0.0000656. The molecule has 0 saturated carbocycles. The Labute approximate surface area is 118 Å². The van der Waals surface area contributed by atoms with Crippen molar-refractivity contribution in [3.63, 3.8) is 0 Å². The summed E-state index contributed by atoms with van der Waals surface area (Å²) in [4.78, 5) is 0. The van der Waals surface area contributed by atoms with Crippen LogP contribution < -0.4 is 5.73 Å². The van der Waals surface area contributed by atoms with Crippen LogP contribution in [0.25, 0.3) is 0 Å². The van der Waals surface area contributed by atoms with Crippen LogP contribution >= 0.6 is 11.6 Å². The van der Waals surface area contributed by atoms with E-state index in [0.717, 1.165) is 0 Å². The summed E-state index contributed by atoms with van der Waals surface area (Å²) in [7, 11) is -3.13. The number of hydrogen-bond donors (Lipinski definition) is 2. The van der Waals surface area contributed by atoms with Gasteiger partial charge in [0.25, 0.3) is 0 Å². The average molecular weight is 304 g/mol. The summed E-state index contributed by atoms with van der Waals surface area (Å²) < 4.78 is 23.5. The minimum Gasteiger partial charge on any atom is -0.385 e. The van der Waals surface area contributed by atoms with Gasteiger partial charge in [-0.15, -0.1) is 0 Å². The molecule has 1 aromatic rings. The molecule has 1 aliphatic heterocycles. The molecule has 4 nitrogen and oxygen atoms in total. The van der Waals surface area contributed by atoms with Crippen molar-refractivity contribution >= 4 is 21.4 Å². The topological polar surface area (TPSA) is 80.4 Å². The van der Waals surface area contributed by atoms with Crippen molar-refractivity contribution in [1.82, 2.24) is 0 Å². The van der Waals surface area contributed by atoms with Crippen molar-refractivity contribution in [1.29, 1.82) is 0 Å². The monoisotopic (exact) mass is 303 g/mol. The number of aliphatic hydroxyl groups is 1. The lowest BCUT2D eigenvalue weighted by molar-refractivity contribution is -0.0583.